The molecular formula is C22H19F5N2. The van der Waals surface area contributed by atoms with E-state index in [0.29, 0.717) is 25.2 Å². The van der Waals surface area contributed by atoms with Gasteiger partial charge in [-0.25, -0.2) is 8.78 Å². The summed E-state index contributed by atoms with van der Waals surface area (Å²) in [7, 11) is 0. The highest BCUT2D eigenvalue weighted by Crippen LogP contribution is 2.40. The summed E-state index contributed by atoms with van der Waals surface area (Å²) in [4.78, 5) is 1.73. The van der Waals surface area contributed by atoms with Gasteiger partial charge in [-0.3, -0.25) is 4.90 Å². The third-order valence-electron chi connectivity index (χ3n) is 5.34. The van der Waals surface area contributed by atoms with Gasteiger partial charge in [0.2, 0.25) is 0 Å². The van der Waals surface area contributed by atoms with Crippen LogP contribution in [0.5, 0.6) is 0 Å². The van der Waals surface area contributed by atoms with E-state index in [-0.39, 0.29) is 17.7 Å². The summed E-state index contributed by atoms with van der Waals surface area (Å²) in [5.41, 5.74) is -0.116. The summed E-state index contributed by atoms with van der Waals surface area (Å²) in [5.74, 6) is -1.40. The van der Waals surface area contributed by atoms with Crippen molar-refractivity contribution in [2.45, 2.75) is 31.7 Å². The number of aryl methyl sites for hydroxylation is 1. The number of hydrogen-bond acceptors (Lipinski definition) is 1. The van der Waals surface area contributed by atoms with E-state index in [4.69, 9.17) is 0 Å². The summed E-state index contributed by atoms with van der Waals surface area (Å²) in [6.45, 7) is 0.913. The number of hydrogen-bond donors (Lipinski definition) is 0. The molecule has 0 saturated heterocycles. The van der Waals surface area contributed by atoms with E-state index in [1.54, 1.807) is 23.1 Å². The van der Waals surface area contributed by atoms with Gasteiger partial charge in [0, 0.05) is 37.1 Å². The van der Waals surface area contributed by atoms with E-state index in [1.165, 1.54) is 18.2 Å². The molecule has 1 aliphatic rings. The fourth-order valence-electron chi connectivity index (χ4n) is 4.05. The lowest BCUT2D eigenvalue weighted by molar-refractivity contribution is -0.138. The molecule has 1 aromatic heterocycles. The number of fused-ring (bicyclic) bond motifs is 1. The lowest BCUT2D eigenvalue weighted by Gasteiger charge is -2.32. The van der Waals surface area contributed by atoms with E-state index in [9.17, 15) is 22.0 Å². The Balaban J connectivity index is 1.85. The summed E-state index contributed by atoms with van der Waals surface area (Å²) in [6.07, 6.45) is -2.05. The first-order chi connectivity index (χ1) is 13.9. The topological polar surface area (TPSA) is 8.17 Å². The van der Waals surface area contributed by atoms with Crippen molar-refractivity contribution < 1.29 is 22.0 Å². The number of benzene rings is 2. The second-order valence-corrected chi connectivity index (χ2v) is 7.14. The molecule has 0 aliphatic carbocycles. The van der Waals surface area contributed by atoms with Crippen molar-refractivity contribution in [1.82, 2.24) is 9.47 Å². The Morgan fingerprint density at radius 2 is 1.59 bits per heavy atom. The minimum absolute atomic E-state index is 0.0820. The monoisotopic (exact) mass is 406 g/mol. The van der Waals surface area contributed by atoms with Crippen LogP contribution in [0.4, 0.5) is 22.0 Å². The number of nitrogens with zero attached hydrogens (tertiary/aromatic N) is 2. The van der Waals surface area contributed by atoms with Crippen molar-refractivity contribution in [2.75, 3.05) is 6.54 Å². The Bertz CT molecular complexity index is 988. The lowest BCUT2D eigenvalue weighted by Crippen LogP contribution is -2.31. The van der Waals surface area contributed by atoms with Gasteiger partial charge in [-0.1, -0.05) is 24.3 Å². The van der Waals surface area contributed by atoms with Crippen LogP contribution >= 0.6 is 0 Å². The van der Waals surface area contributed by atoms with Gasteiger partial charge in [-0.05, 0) is 42.3 Å². The van der Waals surface area contributed by atoms with Gasteiger partial charge in [0.05, 0.1) is 11.6 Å². The van der Waals surface area contributed by atoms with Crippen LogP contribution in [0.2, 0.25) is 0 Å². The molecular weight excluding hydrogens is 387 g/mol. The first-order valence-corrected chi connectivity index (χ1v) is 9.34. The molecule has 2 aromatic carbocycles. The Morgan fingerprint density at radius 3 is 2.31 bits per heavy atom. The third-order valence-corrected chi connectivity index (χ3v) is 5.34. The summed E-state index contributed by atoms with van der Waals surface area (Å²) < 4.78 is 71.7. The van der Waals surface area contributed by atoms with Crippen molar-refractivity contribution in [1.29, 1.82) is 0 Å². The molecule has 0 bridgehead atoms. The van der Waals surface area contributed by atoms with Crippen molar-refractivity contribution in [3.8, 4) is 0 Å². The maximum atomic E-state index is 14.3. The van der Waals surface area contributed by atoms with E-state index in [1.807, 2.05) is 10.8 Å². The number of alkyl halides is 3. The SMILES string of the molecule is Fc1cccc(F)c1CN1CCCn2cccc2[C@H]1c1ccccc1C(F)(F)F. The van der Waals surface area contributed by atoms with Crippen LogP contribution in [0.25, 0.3) is 0 Å². The zero-order valence-corrected chi connectivity index (χ0v) is 15.5. The molecule has 0 N–H and O–H groups in total. The second kappa shape index (κ2) is 7.63. The van der Waals surface area contributed by atoms with Crippen LogP contribution in [-0.4, -0.2) is 16.0 Å². The van der Waals surface area contributed by atoms with Gasteiger partial charge in [0.15, 0.2) is 0 Å². The number of halogens is 5. The molecule has 1 aliphatic heterocycles. The first kappa shape index (κ1) is 19.6. The molecule has 0 unspecified atom stereocenters. The van der Waals surface area contributed by atoms with E-state index < -0.39 is 29.4 Å². The highest BCUT2D eigenvalue weighted by molar-refractivity contribution is 5.38. The molecule has 7 heteroatoms. The molecule has 0 spiro atoms. The molecule has 0 saturated carbocycles. The smallest absolute Gasteiger partial charge is 0.350 e. The van der Waals surface area contributed by atoms with Gasteiger partial charge in [0.1, 0.15) is 11.6 Å². The zero-order valence-electron chi connectivity index (χ0n) is 15.5. The maximum absolute atomic E-state index is 14.3. The van der Waals surface area contributed by atoms with Crippen LogP contribution in [0.15, 0.2) is 60.8 Å². The van der Waals surface area contributed by atoms with Crippen molar-refractivity contribution in [3.05, 3.63) is 94.8 Å². The quantitative estimate of drug-likeness (QED) is 0.501. The van der Waals surface area contributed by atoms with Gasteiger partial charge >= 0.3 is 6.18 Å². The van der Waals surface area contributed by atoms with E-state index in [2.05, 4.69) is 0 Å². The standard InChI is InChI=1S/C22H19F5N2/c23-18-8-3-9-19(24)16(18)14-29-13-5-12-28-11-4-10-20(28)21(29)15-6-1-2-7-17(15)22(25,26)27/h1-4,6-11,21H,5,12-14H2/t21-/m1/s1. The Morgan fingerprint density at radius 1 is 0.862 bits per heavy atom. The normalized spacial score (nSPS) is 17.8. The molecule has 152 valence electrons. The summed E-state index contributed by atoms with van der Waals surface area (Å²) >= 11 is 0. The third kappa shape index (κ3) is 3.79. The van der Waals surface area contributed by atoms with Crippen LogP contribution in [0, 0.1) is 11.6 Å². The van der Waals surface area contributed by atoms with Gasteiger partial charge in [-0.15, -0.1) is 0 Å². The Hall–Kier alpha value is -2.67. The Kier molecular flexibility index (Phi) is 5.17. The maximum Gasteiger partial charge on any atom is 0.416 e. The highest BCUT2D eigenvalue weighted by Gasteiger charge is 2.38. The summed E-state index contributed by atoms with van der Waals surface area (Å²) in [6, 6.07) is 11.8. The average molecular weight is 406 g/mol. The molecule has 0 radical (unpaired) electrons. The molecule has 29 heavy (non-hydrogen) atoms. The molecule has 3 aromatic rings. The highest BCUT2D eigenvalue weighted by atomic mass is 19.4. The minimum Gasteiger partial charge on any atom is -0.350 e. The zero-order chi connectivity index (χ0) is 20.6. The average Bonchev–Trinajstić information content (AvgIpc) is 3.05. The van der Waals surface area contributed by atoms with Crippen LogP contribution in [0.1, 0.15) is 34.8 Å². The predicted octanol–water partition coefficient (Wildman–Crippen LogP) is 5.78. The largest absolute Gasteiger partial charge is 0.416 e. The first-order valence-electron chi connectivity index (χ1n) is 9.34. The molecule has 0 amide bonds. The molecule has 2 nitrogen and oxygen atoms in total. The number of rotatable bonds is 3. The van der Waals surface area contributed by atoms with Crippen LogP contribution < -0.4 is 0 Å². The number of aromatic nitrogens is 1. The fraction of sp³-hybridized carbons (Fsp3) is 0.273. The lowest BCUT2D eigenvalue weighted by atomic mass is 9.95. The molecule has 0 fully saturated rings. The summed E-state index contributed by atoms with van der Waals surface area (Å²) in [5, 5.41) is 0. The van der Waals surface area contributed by atoms with Crippen LogP contribution in [0.3, 0.4) is 0 Å². The predicted molar refractivity (Wildman–Crippen MR) is 99.1 cm³/mol. The molecule has 4 rings (SSSR count). The second-order valence-electron chi connectivity index (χ2n) is 7.14. The van der Waals surface area contributed by atoms with Crippen molar-refractivity contribution in [3.63, 3.8) is 0 Å². The molecule has 2 heterocycles. The Labute approximate surface area is 165 Å². The van der Waals surface area contributed by atoms with E-state index in [0.717, 1.165) is 18.2 Å². The fourth-order valence-corrected chi connectivity index (χ4v) is 4.05. The van der Waals surface area contributed by atoms with Gasteiger partial charge in [-0.2, -0.15) is 13.2 Å². The van der Waals surface area contributed by atoms with Gasteiger partial charge in [0.25, 0.3) is 0 Å². The molecule has 1 atom stereocenters. The minimum atomic E-state index is -4.53. The van der Waals surface area contributed by atoms with Gasteiger partial charge < -0.3 is 4.57 Å². The van der Waals surface area contributed by atoms with Crippen LogP contribution in [-0.2, 0) is 19.3 Å². The van der Waals surface area contributed by atoms with Crippen molar-refractivity contribution >= 4 is 0 Å². The van der Waals surface area contributed by atoms with Crippen molar-refractivity contribution in [2.24, 2.45) is 0 Å². The van der Waals surface area contributed by atoms with E-state index >= 15 is 0 Å².